The molecule has 4 heteroatoms. The van der Waals surface area contributed by atoms with Crippen LogP contribution >= 0.6 is 0 Å². The molecule has 0 aliphatic heterocycles. The molecular formula is C9H14N2O2. The van der Waals surface area contributed by atoms with Gasteiger partial charge in [0.15, 0.2) is 0 Å². The number of hydrogen-bond acceptors (Lipinski definition) is 2. The van der Waals surface area contributed by atoms with E-state index in [1.165, 1.54) is 4.68 Å². The van der Waals surface area contributed by atoms with Gasteiger partial charge in [0.2, 0.25) is 0 Å². The van der Waals surface area contributed by atoms with Gasteiger partial charge >= 0.3 is 5.97 Å². The van der Waals surface area contributed by atoms with Gasteiger partial charge in [0.25, 0.3) is 0 Å². The van der Waals surface area contributed by atoms with Crippen molar-refractivity contribution in [1.29, 1.82) is 0 Å². The highest BCUT2D eigenvalue weighted by molar-refractivity contribution is 5.85. The van der Waals surface area contributed by atoms with Crippen LogP contribution in [0.1, 0.15) is 36.5 Å². The van der Waals surface area contributed by atoms with Crippen LogP contribution in [0.2, 0.25) is 0 Å². The molecule has 1 N–H and O–H groups in total. The summed E-state index contributed by atoms with van der Waals surface area (Å²) in [7, 11) is 0. The molecule has 0 atom stereocenters. The van der Waals surface area contributed by atoms with Gasteiger partial charge < -0.3 is 5.11 Å². The van der Waals surface area contributed by atoms with Crippen molar-refractivity contribution in [2.75, 3.05) is 0 Å². The van der Waals surface area contributed by atoms with Crippen molar-refractivity contribution in [1.82, 2.24) is 9.78 Å². The van der Waals surface area contributed by atoms with Gasteiger partial charge in [-0.15, -0.1) is 0 Å². The smallest absolute Gasteiger partial charge is 0.354 e. The van der Waals surface area contributed by atoms with E-state index in [1.54, 1.807) is 6.07 Å². The summed E-state index contributed by atoms with van der Waals surface area (Å²) in [5.41, 5.74) is 1.15. The number of nitrogens with zero attached hydrogens (tertiary/aromatic N) is 2. The van der Waals surface area contributed by atoms with Crippen LogP contribution in [0.15, 0.2) is 6.07 Å². The van der Waals surface area contributed by atoms with Gasteiger partial charge in [0.1, 0.15) is 5.69 Å². The second kappa shape index (κ2) is 4.07. The SMILES string of the molecule is CCCc1cc(C(=O)O)n(CC)n1. The summed E-state index contributed by atoms with van der Waals surface area (Å²) < 4.78 is 1.52. The average Bonchev–Trinajstić information content (AvgIpc) is 2.48. The molecule has 0 aromatic carbocycles. The minimum absolute atomic E-state index is 0.283. The second-order valence-electron chi connectivity index (χ2n) is 2.89. The van der Waals surface area contributed by atoms with E-state index in [1.807, 2.05) is 13.8 Å². The van der Waals surface area contributed by atoms with Gasteiger partial charge in [-0.25, -0.2) is 4.79 Å². The molecule has 72 valence electrons. The third kappa shape index (κ3) is 2.08. The third-order valence-electron chi connectivity index (χ3n) is 1.86. The van der Waals surface area contributed by atoms with E-state index in [4.69, 9.17) is 5.11 Å². The molecule has 0 fully saturated rings. The van der Waals surface area contributed by atoms with Crippen molar-refractivity contribution >= 4 is 5.97 Å². The Bertz CT molecular complexity index is 305. The van der Waals surface area contributed by atoms with Gasteiger partial charge in [0, 0.05) is 6.54 Å². The predicted octanol–water partition coefficient (Wildman–Crippen LogP) is 1.55. The molecule has 1 heterocycles. The number of rotatable bonds is 4. The quantitative estimate of drug-likeness (QED) is 0.768. The lowest BCUT2D eigenvalue weighted by molar-refractivity contribution is 0.0683. The highest BCUT2D eigenvalue weighted by atomic mass is 16.4. The van der Waals surface area contributed by atoms with Gasteiger partial charge in [-0.05, 0) is 19.4 Å². The minimum Gasteiger partial charge on any atom is -0.477 e. The number of aromatic carboxylic acids is 1. The fourth-order valence-electron chi connectivity index (χ4n) is 1.26. The van der Waals surface area contributed by atoms with Crippen LogP contribution in [0.3, 0.4) is 0 Å². The Morgan fingerprint density at radius 3 is 2.69 bits per heavy atom. The Morgan fingerprint density at radius 1 is 1.62 bits per heavy atom. The number of aromatic nitrogens is 2. The van der Waals surface area contributed by atoms with Crippen LogP contribution in [0.25, 0.3) is 0 Å². The van der Waals surface area contributed by atoms with E-state index in [-0.39, 0.29) is 5.69 Å². The third-order valence-corrected chi connectivity index (χ3v) is 1.86. The summed E-state index contributed by atoms with van der Waals surface area (Å²) in [5, 5.41) is 13.0. The number of carboxylic acid groups (broad SMARTS) is 1. The molecule has 0 radical (unpaired) electrons. The lowest BCUT2D eigenvalue weighted by atomic mass is 10.2. The van der Waals surface area contributed by atoms with Gasteiger partial charge in [0.05, 0.1) is 5.69 Å². The van der Waals surface area contributed by atoms with Crippen molar-refractivity contribution in [3.8, 4) is 0 Å². The van der Waals surface area contributed by atoms with E-state index in [0.717, 1.165) is 18.5 Å². The van der Waals surface area contributed by atoms with E-state index >= 15 is 0 Å². The Balaban J connectivity index is 2.97. The first-order valence-corrected chi connectivity index (χ1v) is 4.49. The molecule has 0 unspecified atom stereocenters. The molecule has 0 aliphatic rings. The molecule has 0 bridgehead atoms. The summed E-state index contributed by atoms with van der Waals surface area (Å²) in [6, 6.07) is 1.65. The van der Waals surface area contributed by atoms with Crippen LogP contribution in [-0.4, -0.2) is 20.9 Å². The summed E-state index contributed by atoms with van der Waals surface area (Å²) in [6.07, 6.45) is 1.83. The Labute approximate surface area is 77.2 Å². The molecule has 13 heavy (non-hydrogen) atoms. The van der Waals surface area contributed by atoms with Crippen LogP contribution in [-0.2, 0) is 13.0 Å². The van der Waals surface area contributed by atoms with Gasteiger partial charge in [-0.1, -0.05) is 13.3 Å². The number of aryl methyl sites for hydroxylation is 2. The first-order valence-electron chi connectivity index (χ1n) is 4.49. The van der Waals surface area contributed by atoms with Crippen LogP contribution in [0.4, 0.5) is 0 Å². The zero-order chi connectivity index (χ0) is 9.84. The molecule has 1 aromatic rings. The average molecular weight is 182 g/mol. The fraction of sp³-hybridized carbons (Fsp3) is 0.556. The van der Waals surface area contributed by atoms with E-state index in [9.17, 15) is 4.79 Å². The maximum Gasteiger partial charge on any atom is 0.354 e. The fourth-order valence-corrected chi connectivity index (χ4v) is 1.26. The molecule has 1 aromatic heterocycles. The largest absolute Gasteiger partial charge is 0.477 e. The summed E-state index contributed by atoms with van der Waals surface area (Å²) in [6.45, 7) is 4.53. The topological polar surface area (TPSA) is 55.1 Å². The number of carboxylic acids is 1. The zero-order valence-electron chi connectivity index (χ0n) is 7.95. The van der Waals surface area contributed by atoms with Crippen molar-refractivity contribution in [2.45, 2.75) is 33.2 Å². The number of carbonyl (C=O) groups is 1. The first kappa shape index (κ1) is 9.77. The standard InChI is InChI=1S/C9H14N2O2/c1-3-5-7-6-8(9(12)13)11(4-2)10-7/h6H,3-5H2,1-2H3,(H,12,13). The van der Waals surface area contributed by atoms with Gasteiger partial charge in [-0.2, -0.15) is 5.10 Å². The van der Waals surface area contributed by atoms with E-state index in [0.29, 0.717) is 6.54 Å². The Hall–Kier alpha value is -1.32. The maximum absolute atomic E-state index is 10.7. The molecule has 0 amide bonds. The molecule has 0 saturated heterocycles. The summed E-state index contributed by atoms with van der Waals surface area (Å²) >= 11 is 0. The van der Waals surface area contributed by atoms with Crippen molar-refractivity contribution in [3.05, 3.63) is 17.5 Å². The summed E-state index contributed by atoms with van der Waals surface area (Å²) in [5.74, 6) is -0.906. The highest BCUT2D eigenvalue weighted by Gasteiger charge is 2.11. The van der Waals surface area contributed by atoms with Crippen LogP contribution in [0.5, 0.6) is 0 Å². The van der Waals surface area contributed by atoms with Crippen LogP contribution in [0, 0.1) is 0 Å². The first-order chi connectivity index (χ1) is 6.19. The molecule has 4 nitrogen and oxygen atoms in total. The van der Waals surface area contributed by atoms with E-state index in [2.05, 4.69) is 5.10 Å². The molecular weight excluding hydrogens is 168 g/mol. The molecule has 1 rings (SSSR count). The lowest BCUT2D eigenvalue weighted by Crippen LogP contribution is -2.08. The van der Waals surface area contributed by atoms with Crippen molar-refractivity contribution in [2.24, 2.45) is 0 Å². The molecule has 0 spiro atoms. The van der Waals surface area contributed by atoms with Gasteiger partial charge in [-0.3, -0.25) is 4.68 Å². The molecule has 0 saturated carbocycles. The predicted molar refractivity (Wildman–Crippen MR) is 48.9 cm³/mol. The van der Waals surface area contributed by atoms with Crippen molar-refractivity contribution in [3.63, 3.8) is 0 Å². The van der Waals surface area contributed by atoms with E-state index < -0.39 is 5.97 Å². The van der Waals surface area contributed by atoms with Crippen LogP contribution < -0.4 is 0 Å². The Morgan fingerprint density at radius 2 is 2.31 bits per heavy atom. The number of hydrogen-bond donors (Lipinski definition) is 1. The van der Waals surface area contributed by atoms with Crippen molar-refractivity contribution < 1.29 is 9.90 Å². The maximum atomic E-state index is 10.7. The zero-order valence-corrected chi connectivity index (χ0v) is 7.95. The molecule has 0 aliphatic carbocycles. The Kier molecular flexibility index (Phi) is 3.06. The lowest BCUT2D eigenvalue weighted by Gasteiger charge is -1.97. The normalized spacial score (nSPS) is 10.3. The minimum atomic E-state index is -0.906. The summed E-state index contributed by atoms with van der Waals surface area (Å²) in [4.78, 5) is 10.7. The second-order valence-corrected chi connectivity index (χ2v) is 2.89. The highest BCUT2D eigenvalue weighted by Crippen LogP contribution is 2.06. The monoisotopic (exact) mass is 182 g/mol.